The highest BCUT2D eigenvalue weighted by Crippen LogP contribution is 2.26. The lowest BCUT2D eigenvalue weighted by Gasteiger charge is -2.16. The van der Waals surface area contributed by atoms with E-state index in [1.54, 1.807) is 7.11 Å². The Morgan fingerprint density at radius 2 is 1.90 bits per heavy atom. The molecular formula is C17H18N2O2. The van der Waals surface area contributed by atoms with Crippen LogP contribution in [0.15, 0.2) is 59.0 Å². The SMILES string of the molecule is COc1ccc(NC(CN)c2cc3ccccc3o2)cc1. The van der Waals surface area contributed by atoms with Gasteiger partial charge in [-0.15, -0.1) is 0 Å². The molecule has 0 aliphatic carbocycles. The Morgan fingerprint density at radius 3 is 2.57 bits per heavy atom. The Labute approximate surface area is 123 Å². The lowest BCUT2D eigenvalue weighted by atomic mass is 10.2. The van der Waals surface area contributed by atoms with Crippen molar-refractivity contribution in [1.29, 1.82) is 0 Å². The second-order valence-electron chi connectivity index (χ2n) is 4.85. The van der Waals surface area contributed by atoms with Crippen molar-refractivity contribution in [2.45, 2.75) is 6.04 Å². The molecule has 3 N–H and O–H groups in total. The van der Waals surface area contributed by atoms with Gasteiger partial charge in [-0.2, -0.15) is 0 Å². The zero-order chi connectivity index (χ0) is 14.7. The summed E-state index contributed by atoms with van der Waals surface area (Å²) in [5, 5.41) is 4.47. The minimum absolute atomic E-state index is 0.0641. The number of hydrogen-bond donors (Lipinski definition) is 2. The maximum absolute atomic E-state index is 5.88. The van der Waals surface area contributed by atoms with E-state index in [1.807, 2.05) is 54.6 Å². The van der Waals surface area contributed by atoms with Gasteiger partial charge in [-0.25, -0.2) is 0 Å². The minimum Gasteiger partial charge on any atom is -0.497 e. The molecule has 3 aromatic rings. The third kappa shape index (κ3) is 2.85. The quantitative estimate of drug-likeness (QED) is 0.751. The monoisotopic (exact) mass is 282 g/mol. The van der Waals surface area contributed by atoms with Crippen LogP contribution in [0.4, 0.5) is 5.69 Å². The highest BCUT2D eigenvalue weighted by molar-refractivity contribution is 5.78. The molecule has 108 valence electrons. The van der Waals surface area contributed by atoms with Crippen LogP contribution in [0, 0.1) is 0 Å². The van der Waals surface area contributed by atoms with Crippen LogP contribution < -0.4 is 15.8 Å². The molecule has 21 heavy (non-hydrogen) atoms. The first-order valence-corrected chi connectivity index (χ1v) is 6.89. The van der Waals surface area contributed by atoms with Crippen molar-refractivity contribution in [3.8, 4) is 5.75 Å². The molecule has 0 bridgehead atoms. The minimum atomic E-state index is -0.0641. The number of furan rings is 1. The number of ether oxygens (including phenoxy) is 1. The zero-order valence-corrected chi connectivity index (χ0v) is 11.9. The summed E-state index contributed by atoms with van der Waals surface area (Å²) in [4.78, 5) is 0. The number of anilines is 1. The Morgan fingerprint density at radius 1 is 1.14 bits per heavy atom. The summed E-state index contributed by atoms with van der Waals surface area (Å²) < 4.78 is 11.0. The molecule has 1 aromatic heterocycles. The first kappa shape index (κ1) is 13.5. The molecule has 4 heteroatoms. The number of fused-ring (bicyclic) bond motifs is 1. The lowest BCUT2D eigenvalue weighted by Crippen LogP contribution is -2.19. The van der Waals surface area contributed by atoms with Crippen molar-refractivity contribution in [2.75, 3.05) is 19.0 Å². The van der Waals surface area contributed by atoms with Crippen LogP contribution in [0.25, 0.3) is 11.0 Å². The number of methoxy groups -OCH3 is 1. The molecular weight excluding hydrogens is 264 g/mol. The summed E-state index contributed by atoms with van der Waals surface area (Å²) in [5.74, 6) is 1.67. The molecule has 0 spiro atoms. The molecule has 2 aromatic carbocycles. The molecule has 3 rings (SSSR count). The lowest BCUT2D eigenvalue weighted by molar-refractivity contribution is 0.415. The summed E-state index contributed by atoms with van der Waals surface area (Å²) in [7, 11) is 1.65. The average molecular weight is 282 g/mol. The van der Waals surface area contributed by atoms with Crippen LogP contribution in [0.5, 0.6) is 5.75 Å². The molecule has 4 nitrogen and oxygen atoms in total. The van der Waals surface area contributed by atoms with Gasteiger partial charge >= 0.3 is 0 Å². The van der Waals surface area contributed by atoms with E-state index in [9.17, 15) is 0 Å². The van der Waals surface area contributed by atoms with Gasteiger partial charge in [0.05, 0.1) is 13.2 Å². The van der Waals surface area contributed by atoms with E-state index in [0.29, 0.717) is 6.54 Å². The van der Waals surface area contributed by atoms with Gasteiger partial charge in [-0.3, -0.25) is 0 Å². The fourth-order valence-electron chi connectivity index (χ4n) is 2.31. The van der Waals surface area contributed by atoms with Gasteiger partial charge in [-0.05, 0) is 36.4 Å². The van der Waals surface area contributed by atoms with Crippen molar-refractivity contribution in [2.24, 2.45) is 5.73 Å². The Kier molecular flexibility index (Phi) is 3.79. The summed E-state index contributed by atoms with van der Waals surface area (Å²) >= 11 is 0. The standard InChI is InChI=1S/C17H18N2O2/c1-20-14-8-6-13(7-9-14)19-15(11-18)17-10-12-4-2-3-5-16(12)21-17/h2-10,15,19H,11,18H2,1H3. The van der Waals surface area contributed by atoms with Gasteiger partial charge in [0.25, 0.3) is 0 Å². The van der Waals surface area contributed by atoms with Crippen LogP contribution in [-0.4, -0.2) is 13.7 Å². The summed E-state index contributed by atoms with van der Waals surface area (Å²) in [5.41, 5.74) is 7.74. The van der Waals surface area contributed by atoms with E-state index in [-0.39, 0.29) is 6.04 Å². The first-order valence-electron chi connectivity index (χ1n) is 6.89. The Balaban J connectivity index is 1.83. The molecule has 0 radical (unpaired) electrons. The molecule has 0 aliphatic rings. The predicted molar refractivity (Wildman–Crippen MR) is 84.6 cm³/mol. The molecule has 1 atom stereocenters. The second-order valence-corrected chi connectivity index (χ2v) is 4.85. The second kappa shape index (κ2) is 5.89. The van der Waals surface area contributed by atoms with Crippen molar-refractivity contribution < 1.29 is 9.15 Å². The maximum atomic E-state index is 5.88. The molecule has 0 aliphatic heterocycles. The highest BCUT2D eigenvalue weighted by atomic mass is 16.5. The van der Waals surface area contributed by atoms with E-state index < -0.39 is 0 Å². The zero-order valence-electron chi connectivity index (χ0n) is 11.9. The number of benzene rings is 2. The third-order valence-electron chi connectivity index (χ3n) is 3.45. The molecule has 0 saturated carbocycles. The Hall–Kier alpha value is -2.46. The smallest absolute Gasteiger partial charge is 0.134 e. The van der Waals surface area contributed by atoms with Gasteiger partial charge in [0.2, 0.25) is 0 Å². The molecule has 0 amide bonds. The maximum Gasteiger partial charge on any atom is 0.134 e. The Bertz CT molecular complexity index is 686. The van der Waals surface area contributed by atoms with Crippen LogP contribution in [-0.2, 0) is 0 Å². The van der Waals surface area contributed by atoms with E-state index in [4.69, 9.17) is 14.9 Å². The molecule has 1 heterocycles. The van der Waals surface area contributed by atoms with Crippen LogP contribution in [0.1, 0.15) is 11.8 Å². The topological polar surface area (TPSA) is 60.4 Å². The van der Waals surface area contributed by atoms with Gasteiger partial charge in [0, 0.05) is 17.6 Å². The van der Waals surface area contributed by atoms with Crippen LogP contribution in [0.3, 0.4) is 0 Å². The van der Waals surface area contributed by atoms with Gasteiger partial charge in [0.15, 0.2) is 0 Å². The van der Waals surface area contributed by atoms with E-state index in [1.165, 1.54) is 0 Å². The average Bonchev–Trinajstić information content (AvgIpc) is 2.97. The normalized spacial score (nSPS) is 12.3. The van der Waals surface area contributed by atoms with Crippen molar-refractivity contribution in [1.82, 2.24) is 0 Å². The largest absolute Gasteiger partial charge is 0.497 e. The van der Waals surface area contributed by atoms with E-state index in [0.717, 1.165) is 28.2 Å². The number of nitrogens with two attached hydrogens (primary N) is 1. The fourth-order valence-corrected chi connectivity index (χ4v) is 2.31. The fraction of sp³-hybridized carbons (Fsp3) is 0.176. The highest BCUT2D eigenvalue weighted by Gasteiger charge is 2.14. The number of rotatable bonds is 5. The van der Waals surface area contributed by atoms with Crippen LogP contribution in [0.2, 0.25) is 0 Å². The third-order valence-corrected chi connectivity index (χ3v) is 3.45. The van der Waals surface area contributed by atoms with Crippen molar-refractivity contribution in [3.63, 3.8) is 0 Å². The van der Waals surface area contributed by atoms with Crippen molar-refractivity contribution >= 4 is 16.7 Å². The van der Waals surface area contributed by atoms with Crippen molar-refractivity contribution in [3.05, 3.63) is 60.4 Å². The predicted octanol–water partition coefficient (Wildman–Crippen LogP) is 3.55. The molecule has 0 saturated heterocycles. The van der Waals surface area contributed by atoms with Gasteiger partial charge < -0.3 is 20.2 Å². The molecule has 0 fully saturated rings. The summed E-state index contributed by atoms with van der Waals surface area (Å²) in [6, 6.07) is 17.7. The number of nitrogens with one attached hydrogen (secondary N) is 1. The van der Waals surface area contributed by atoms with Gasteiger partial charge in [0.1, 0.15) is 17.1 Å². The van der Waals surface area contributed by atoms with Crippen LogP contribution >= 0.6 is 0 Å². The first-order chi connectivity index (χ1) is 10.3. The summed E-state index contributed by atoms with van der Waals surface area (Å²) in [6.07, 6.45) is 0. The van der Waals surface area contributed by atoms with Gasteiger partial charge in [-0.1, -0.05) is 18.2 Å². The molecule has 1 unspecified atom stereocenters. The van der Waals surface area contributed by atoms with E-state index in [2.05, 4.69) is 5.32 Å². The number of hydrogen-bond acceptors (Lipinski definition) is 4. The summed E-state index contributed by atoms with van der Waals surface area (Å²) in [6.45, 7) is 0.450. The van der Waals surface area contributed by atoms with E-state index >= 15 is 0 Å². The number of para-hydroxylation sites is 1.